The van der Waals surface area contributed by atoms with Crippen LogP contribution < -0.4 is 9.80 Å². The third kappa shape index (κ3) is 4.78. The number of phenolic OH excluding ortho intramolecular Hbond substituents is 1. The van der Waals surface area contributed by atoms with E-state index >= 15 is 0 Å². The van der Waals surface area contributed by atoms with Crippen LogP contribution in [0.2, 0.25) is 0 Å². The van der Waals surface area contributed by atoms with Crippen LogP contribution in [0.4, 0.5) is 11.4 Å². The molecule has 0 unspecified atom stereocenters. The number of benzene rings is 2. The molecule has 0 radical (unpaired) electrons. The van der Waals surface area contributed by atoms with Crippen molar-refractivity contribution in [3.8, 4) is 5.75 Å². The lowest BCUT2D eigenvalue weighted by Gasteiger charge is -2.37. The molecule has 2 saturated heterocycles. The predicted octanol–water partition coefficient (Wildman–Crippen LogP) is 1.44. The van der Waals surface area contributed by atoms with Gasteiger partial charge >= 0.3 is 0 Å². The van der Waals surface area contributed by atoms with E-state index < -0.39 is 10.0 Å². The van der Waals surface area contributed by atoms with Gasteiger partial charge in [-0.3, -0.25) is 4.79 Å². The van der Waals surface area contributed by atoms with Crippen molar-refractivity contribution >= 4 is 27.3 Å². The van der Waals surface area contributed by atoms with Crippen LogP contribution >= 0.6 is 0 Å². The van der Waals surface area contributed by atoms with Crippen molar-refractivity contribution in [3.63, 3.8) is 0 Å². The van der Waals surface area contributed by atoms with Crippen LogP contribution in [-0.2, 0) is 14.8 Å². The first-order valence-electron chi connectivity index (χ1n) is 11.0. The number of piperazine rings is 1. The number of amides is 1. The van der Waals surface area contributed by atoms with Crippen LogP contribution in [0.25, 0.3) is 0 Å². The Hall–Kier alpha value is -2.82. The summed E-state index contributed by atoms with van der Waals surface area (Å²) in [7, 11) is -0.723. The van der Waals surface area contributed by atoms with Gasteiger partial charge in [0.05, 0.1) is 29.4 Å². The second-order valence-corrected chi connectivity index (χ2v) is 10.5. The van der Waals surface area contributed by atoms with E-state index in [9.17, 15) is 18.3 Å². The zero-order valence-corrected chi connectivity index (χ0v) is 19.8. The fraction of sp³-hybridized carbons (Fsp3) is 0.435. The van der Waals surface area contributed by atoms with Gasteiger partial charge in [-0.05, 0) is 30.3 Å². The maximum atomic E-state index is 13.6. The van der Waals surface area contributed by atoms with Crippen LogP contribution in [0.15, 0.2) is 47.4 Å². The highest BCUT2D eigenvalue weighted by atomic mass is 32.2. The molecule has 0 atom stereocenters. The number of carbonyl (C=O) groups is 1. The summed E-state index contributed by atoms with van der Waals surface area (Å²) in [6, 6.07) is 12.0. The van der Waals surface area contributed by atoms with Gasteiger partial charge in [0.2, 0.25) is 10.0 Å². The Morgan fingerprint density at radius 1 is 0.909 bits per heavy atom. The summed E-state index contributed by atoms with van der Waals surface area (Å²) >= 11 is 0. The number of phenols is 1. The van der Waals surface area contributed by atoms with Gasteiger partial charge in [0.25, 0.3) is 5.91 Å². The molecule has 1 amide bonds. The first kappa shape index (κ1) is 23.3. The maximum absolute atomic E-state index is 13.6. The summed E-state index contributed by atoms with van der Waals surface area (Å²) in [4.78, 5) is 19.6. The van der Waals surface area contributed by atoms with Gasteiger partial charge in [-0.2, -0.15) is 0 Å². The molecule has 2 fully saturated rings. The van der Waals surface area contributed by atoms with Crippen LogP contribution in [0.1, 0.15) is 10.4 Å². The van der Waals surface area contributed by atoms with Crippen LogP contribution in [0, 0.1) is 0 Å². The molecule has 0 aliphatic carbocycles. The summed E-state index contributed by atoms with van der Waals surface area (Å²) in [5.41, 5.74) is 1.86. The molecule has 2 aromatic carbocycles. The minimum absolute atomic E-state index is 0.0979. The van der Waals surface area contributed by atoms with E-state index in [0.717, 1.165) is 15.7 Å². The normalized spacial score (nSPS) is 17.5. The van der Waals surface area contributed by atoms with E-state index in [0.29, 0.717) is 58.0 Å². The van der Waals surface area contributed by atoms with E-state index in [1.807, 2.05) is 12.1 Å². The number of carbonyl (C=O) groups excluding carboxylic acids is 1. The molecule has 0 spiro atoms. The highest BCUT2D eigenvalue weighted by Gasteiger charge is 2.29. The summed E-state index contributed by atoms with van der Waals surface area (Å²) in [6.07, 6.45) is 0. The molecule has 1 N–H and O–H groups in total. The van der Waals surface area contributed by atoms with Crippen molar-refractivity contribution in [3.05, 3.63) is 48.0 Å². The Morgan fingerprint density at radius 2 is 1.55 bits per heavy atom. The van der Waals surface area contributed by atoms with Crippen molar-refractivity contribution in [2.75, 3.05) is 76.4 Å². The number of ether oxygens (including phenoxy) is 1. The lowest BCUT2D eigenvalue weighted by molar-refractivity contribution is 0.0746. The van der Waals surface area contributed by atoms with Gasteiger partial charge in [0.15, 0.2) is 0 Å². The molecule has 2 heterocycles. The molecule has 10 heteroatoms. The minimum atomic E-state index is -3.68. The second-order valence-electron chi connectivity index (χ2n) is 8.33. The van der Waals surface area contributed by atoms with Crippen LogP contribution in [0.3, 0.4) is 0 Å². The molecular weight excluding hydrogens is 444 g/mol. The lowest BCUT2D eigenvalue weighted by atomic mass is 10.1. The Kier molecular flexibility index (Phi) is 6.78. The highest BCUT2D eigenvalue weighted by molar-refractivity contribution is 7.89. The molecular formula is C23H30N4O5S. The van der Waals surface area contributed by atoms with E-state index in [1.165, 1.54) is 20.2 Å². The van der Waals surface area contributed by atoms with Gasteiger partial charge in [-0.25, -0.2) is 12.7 Å². The zero-order chi connectivity index (χ0) is 23.6. The Bertz CT molecular complexity index is 1110. The smallest absolute Gasteiger partial charge is 0.256 e. The van der Waals surface area contributed by atoms with Crippen molar-refractivity contribution in [2.24, 2.45) is 0 Å². The van der Waals surface area contributed by atoms with Gasteiger partial charge in [-0.1, -0.05) is 12.1 Å². The largest absolute Gasteiger partial charge is 0.506 e. The number of hydrogen-bond donors (Lipinski definition) is 1. The Morgan fingerprint density at radius 3 is 2.18 bits per heavy atom. The van der Waals surface area contributed by atoms with Crippen molar-refractivity contribution in [2.45, 2.75) is 4.90 Å². The van der Waals surface area contributed by atoms with E-state index in [-0.39, 0.29) is 16.6 Å². The second kappa shape index (κ2) is 9.58. The van der Waals surface area contributed by atoms with Crippen molar-refractivity contribution in [1.82, 2.24) is 9.21 Å². The summed E-state index contributed by atoms with van der Waals surface area (Å²) < 4.78 is 32.1. The molecule has 4 rings (SSSR count). The number of hydrogen-bond acceptors (Lipinski definition) is 7. The lowest BCUT2D eigenvalue weighted by Crippen LogP contribution is -2.49. The number of para-hydroxylation sites is 2. The number of nitrogens with zero attached hydrogens (tertiary/aromatic N) is 4. The average molecular weight is 475 g/mol. The molecule has 9 nitrogen and oxygen atoms in total. The molecule has 33 heavy (non-hydrogen) atoms. The number of sulfonamides is 1. The van der Waals surface area contributed by atoms with Gasteiger partial charge in [0, 0.05) is 59.1 Å². The Labute approximate surface area is 194 Å². The average Bonchev–Trinajstić information content (AvgIpc) is 2.84. The third-order valence-electron chi connectivity index (χ3n) is 6.12. The quantitative estimate of drug-likeness (QED) is 0.701. The van der Waals surface area contributed by atoms with Gasteiger partial charge in [0.1, 0.15) is 5.75 Å². The summed E-state index contributed by atoms with van der Waals surface area (Å²) in [5, 5.41) is 10.1. The van der Waals surface area contributed by atoms with E-state index in [4.69, 9.17) is 4.74 Å². The maximum Gasteiger partial charge on any atom is 0.256 e. The fourth-order valence-corrected chi connectivity index (χ4v) is 5.12. The topological polar surface area (TPSA) is 93.6 Å². The predicted molar refractivity (Wildman–Crippen MR) is 127 cm³/mol. The standard InChI is InChI=1S/C23H30N4O5S/c1-24(2)33(30,31)18-7-8-20(26-13-15-32-16-14-26)19(17-18)23(29)27-11-9-25(10-12-27)21-5-3-4-6-22(21)28/h3-8,17,28H,9-16H2,1-2H3. The molecule has 2 aliphatic rings. The molecule has 2 aliphatic heterocycles. The summed E-state index contributed by atoms with van der Waals surface area (Å²) in [6.45, 7) is 4.50. The fourth-order valence-electron chi connectivity index (χ4n) is 4.19. The van der Waals surface area contributed by atoms with Crippen LogP contribution in [0.5, 0.6) is 5.75 Å². The third-order valence-corrected chi connectivity index (χ3v) is 7.93. The van der Waals surface area contributed by atoms with Crippen molar-refractivity contribution in [1.29, 1.82) is 0 Å². The minimum Gasteiger partial charge on any atom is -0.506 e. The number of aromatic hydroxyl groups is 1. The van der Waals surface area contributed by atoms with E-state index in [1.54, 1.807) is 29.2 Å². The first-order valence-corrected chi connectivity index (χ1v) is 12.4. The molecule has 0 aromatic heterocycles. The molecule has 178 valence electrons. The molecule has 2 aromatic rings. The van der Waals surface area contributed by atoms with Gasteiger partial charge in [-0.15, -0.1) is 0 Å². The number of rotatable bonds is 5. The molecule has 0 bridgehead atoms. The van der Waals surface area contributed by atoms with Crippen LogP contribution in [-0.4, -0.2) is 95.2 Å². The molecule has 0 saturated carbocycles. The van der Waals surface area contributed by atoms with Gasteiger partial charge < -0.3 is 24.5 Å². The number of morpholine rings is 1. The number of anilines is 2. The Balaban J connectivity index is 1.60. The van der Waals surface area contributed by atoms with Crippen molar-refractivity contribution < 1.29 is 23.1 Å². The monoisotopic (exact) mass is 474 g/mol. The SMILES string of the molecule is CN(C)S(=O)(=O)c1ccc(N2CCOCC2)c(C(=O)N2CCN(c3ccccc3O)CC2)c1. The zero-order valence-electron chi connectivity index (χ0n) is 19.0. The summed E-state index contributed by atoms with van der Waals surface area (Å²) in [5.74, 6) is 0.0257. The highest BCUT2D eigenvalue weighted by Crippen LogP contribution is 2.30. The first-order chi connectivity index (χ1) is 15.8. The van der Waals surface area contributed by atoms with E-state index in [2.05, 4.69) is 9.80 Å².